The van der Waals surface area contributed by atoms with Crippen molar-refractivity contribution in [2.75, 3.05) is 6.61 Å². The molecule has 1 aliphatic heterocycles. The molecule has 88 valence electrons. The third-order valence-electron chi connectivity index (χ3n) is 2.04. The van der Waals surface area contributed by atoms with Crippen molar-refractivity contribution in [2.24, 2.45) is 0 Å². The predicted octanol–water partition coefficient (Wildman–Crippen LogP) is 0.488. The highest BCUT2D eigenvalue weighted by Crippen LogP contribution is 2.32. The number of hydrogen-bond donors (Lipinski definition) is 2. The molecule has 0 saturated carbocycles. The molecule has 0 amide bonds. The molecule has 0 radical (unpaired) electrons. The van der Waals surface area contributed by atoms with Crippen LogP contribution in [-0.2, 0) is 14.3 Å². The van der Waals surface area contributed by atoms with E-state index in [9.17, 15) is 14.3 Å². The van der Waals surface area contributed by atoms with Crippen molar-refractivity contribution in [3.05, 3.63) is 0 Å². The fourth-order valence-corrected chi connectivity index (χ4v) is 1.37. The van der Waals surface area contributed by atoms with Crippen molar-refractivity contribution in [1.29, 1.82) is 0 Å². The molecule has 1 fully saturated rings. The Labute approximate surface area is 90.7 Å². The van der Waals surface area contributed by atoms with Gasteiger partial charge in [0.25, 0.3) is 0 Å². The van der Waals surface area contributed by atoms with E-state index in [0.29, 0.717) is 0 Å². The minimum Gasteiger partial charge on any atom is -0.478 e. The third-order valence-corrected chi connectivity index (χ3v) is 2.42. The second-order valence-corrected chi connectivity index (χ2v) is 4.29. The molecule has 7 heteroatoms. The molecule has 1 aliphatic rings. The number of carboxylic acids is 1. The highest BCUT2D eigenvalue weighted by atomic mass is 35.5. The maximum Gasteiger partial charge on any atom is 0.360 e. The summed E-state index contributed by atoms with van der Waals surface area (Å²) in [6.07, 6.45) is -3.09. The number of carbonyl (C=O) groups is 1. The van der Waals surface area contributed by atoms with Gasteiger partial charge in [-0.2, -0.15) is 0 Å². The molecule has 0 aromatic carbocycles. The zero-order chi connectivity index (χ0) is 11.9. The van der Waals surface area contributed by atoms with Gasteiger partial charge in [0, 0.05) is 0 Å². The van der Waals surface area contributed by atoms with Gasteiger partial charge in [0.1, 0.15) is 12.2 Å². The highest BCUT2D eigenvalue weighted by molar-refractivity contribution is 6.32. The maximum absolute atomic E-state index is 13.3. The number of ether oxygens (including phenoxy) is 2. The molecular weight excluding hydrogens is 231 g/mol. The fourth-order valence-electron chi connectivity index (χ4n) is 1.23. The van der Waals surface area contributed by atoms with Crippen LogP contribution in [0.5, 0.6) is 0 Å². The molecule has 0 aromatic heterocycles. The van der Waals surface area contributed by atoms with Gasteiger partial charge in [0.05, 0.1) is 6.61 Å². The normalized spacial score (nSPS) is 30.9. The van der Waals surface area contributed by atoms with Gasteiger partial charge in [-0.25, -0.2) is 9.18 Å². The number of carboxylic acid groups (broad SMARTS) is 1. The SMILES string of the molecule is CC1(C)OC[C@H]([C@H](O)[C@@](F)(Cl)C(=O)O)O1. The second-order valence-electron chi connectivity index (χ2n) is 3.74. The average Bonchev–Trinajstić information content (AvgIpc) is 2.44. The monoisotopic (exact) mass is 242 g/mol. The van der Waals surface area contributed by atoms with Crippen molar-refractivity contribution in [1.82, 2.24) is 0 Å². The summed E-state index contributed by atoms with van der Waals surface area (Å²) < 4.78 is 23.4. The van der Waals surface area contributed by atoms with Gasteiger partial charge in [-0.05, 0) is 13.8 Å². The van der Waals surface area contributed by atoms with E-state index in [1.54, 1.807) is 13.8 Å². The van der Waals surface area contributed by atoms with Gasteiger partial charge in [-0.3, -0.25) is 0 Å². The zero-order valence-electron chi connectivity index (χ0n) is 8.24. The lowest BCUT2D eigenvalue weighted by Gasteiger charge is -2.25. The van der Waals surface area contributed by atoms with Gasteiger partial charge < -0.3 is 19.7 Å². The number of hydrogen-bond acceptors (Lipinski definition) is 4. The predicted molar refractivity (Wildman–Crippen MR) is 48.2 cm³/mol. The molecule has 0 aromatic rings. The Morgan fingerprint density at radius 2 is 2.27 bits per heavy atom. The largest absolute Gasteiger partial charge is 0.478 e. The van der Waals surface area contributed by atoms with Crippen molar-refractivity contribution in [3.63, 3.8) is 0 Å². The summed E-state index contributed by atoms with van der Waals surface area (Å²) in [5.41, 5.74) is 0. The first-order valence-electron chi connectivity index (χ1n) is 4.28. The Bertz CT molecular complexity index is 268. The van der Waals surface area contributed by atoms with Crippen LogP contribution in [0.25, 0.3) is 0 Å². The number of aliphatic hydroxyl groups is 1. The van der Waals surface area contributed by atoms with E-state index in [1.807, 2.05) is 0 Å². The van der Waals surface area contributed by atoms with Crippen molar-refractivity contribution < 1.29 is 28.9 Å². The van der Waals surface area contributed by atoms with Gasteiger partial charge >= 0.3 is 11.1 Å². The molecule has 0 spiro atoms. The molecular formula is C8H12ClFO5. The van der Waals surface area contributed by atoms with Crippen LogP contribution in [0, 0.1) is 0 Å². The van der Waals surface area contributed by atoms with Gasteiger partial charge in [-0.1, -0.05) is 11.6 Å². The Balaban J connectivity index is 2.70. The molecule has 5 nitrogen and oxygen atoms in total. The molecule has 15 heavy (non-hydrogen) atoms. The smallest absolute Gasteiger partial charge is 0.360 e. The number of aliphatic carboxylic acids is 1. The lowest BCUT2D eigenvalue weighted by atomic mass is 10.1. The molecule has 1 heterocycles. The van der Waals surface area contributed by atoms with Gasteiger partial charge in [0.15, 0.2) is 5.79 Å². The van der Waals surface area contributed by atoms with E-state index in [-0.39, 0.29) is 6.61 Å². The van der Waals surface area contributed by atoms with E-state index >= 15 is 0 Å². The molecule has 0 aliphatic carbocycles. The first kappa shape index (κ1) is 12.6. The maximum atomic E-state index is 13.3. The topological polar surface area (TPSA) is 76.0 Å². The van der Waals surface area contributed by atoms with Crippen molar-refractivity contribution >= 4 is 17.6 Å². The minimum absolute atomic E-state index is 0.111. The Kier molecular flexibility index (Phi) is 3.25. The number of alkyl halides is 2. The quantitative estimate of drug-likeness (QED) is 0.705. The standard InChI is InChI=1S/C8H12ClFO5/c1-7(2)14-3-4(15-7)5(11)8(9,10)6(12)13/h4-5,11H,3H2,1-2H3,(H,12,13)/t4-,5+,8+/m1/s1. The second kappa shape index (κ2) is 3.86. The molecule has 2 N–H and O–H groups in total. The third kappa shape index (κ3) is 2.57. The zero-order valence-corrected chi connectivity index (χ0v) is 8.99. The highest BCUT2D eigenvalue weighted by Gasteiger charge is 2.52. The number of rotatable bonds is 3. The van der Waals surface area contributed by atoms with Crippen LogP contribution in [0.4, 0.5) is 4.39 Å². The summed E-state index contributed by atoms with van der Waals surface area (Å²) in [6, 6.07) is 0. The molecule has 1 rings (SSSR count). The summed E-state index contributed by atoms with van der Waals surface area (Å²) >= 11 is 5.04. The molecule has 0 bridgehead atoms. The first-order valence-corrected chi connectivity index (χ1v) is 4.65. The number of halogens is 2. The van der Waals surface area contributed by atoms with Crippen LogP contribution < -0.4 is 0 Å². The Morgan fingerprint density at radius 3 is 2.60 bits per heavy atom. The van der Waals surface area contributed by atoms with Crippen LogP contribution in [0.3, 0.4) is 0 Å². The summed E-state index contributed by atoms with van der Waals surface area (Å²) in [6.45, 7) is 3.02. The van der Waals surface area contributed by atoms with Gasteiger partial charge in [-0.15, -0.1) is 0 Å². The fraction of sp³-hybridized carbons (Fsp3) is 0.875. The van der Waals surface area contributed by atoms with Crippen molar-refractivity contribution in [3.8, 4) is 0 Å². The van der Waals surface area contributed by atoms with Gasteiger partial charge in [0.2, 0.25) is 0 Å². The van der Waals surface area contributed by atoms with Crippen LogP contribution in [0.1, 0.15) is 13.8 Å². The molecule has 3 atom stereocenters. The first-order chi connectivity index (χ1) is 6.67. The Hall–Kier alpha value is -0.430. The lowest BCUT2D eigenvalue weighted by Crippen LogP contribution is -2.48. The number of aliphatic hydroxyl groups excluding tert-OH is 1. The minimum atomic E-state index is -3.27. The Morgan fingerprint density at radius 1 is 1.73 bits per heavy atom. The van der Waals surface area contributed by atoms with Crippen LogP contribution in [0.15, 0.2) is 0 Å². The van der Waals surface area contributed by atoms with Crippen LogP contribution in [0.2, 0.25) is 0 Å². The summed E-state index contributed by atoms with van der Waals surface area (Å²) in [7, 11) is 0. The summed E-state index contributed by atoms with van der Waals surface area (Å²) in [5.74, 6) is -2.93. The van der Waals surface area contributed by atoms with E-state index in [0.717, 1.165) is 0 Å². The molecule has 1 saturated heterocycles. The van der Waals surface area contributed by atoms with E-state index in [1.165, 1.54) is 0 Å². The van der Waals surface area contributed by atoms with E-state index in [4.69, 9.17) is 26.2 Å². The van der Waals surface area contributed by atoms with Crippen LogP contribution in [-0.4, -0.2) is 45.9 Å². The average molecular weight is 243 g/mol. The lowest BCUT2D eigenvalue weighted by molar-refractivity contribution is -0.171. The van der Waals surface area contributed by atoms with Crippen molar-refractivity contribution in [2.45, 2.75) is 37.0 Å². The van der Waals surface area contributed by atoms with Crippen LogP contribution >= 0.6 is 11.6 Å². The summed E-state index contributed by atoms with van der Waals surface area (Å²) in [4.78, 5) is 10.4. The van der Waals surface area contributed by atoms with E-state index < -0.39 is 29.1 Å². The van der Waals surface area contributed by atoms with E-state index in [2.05, 4.69) is 0 Å². The summed E-state index contributed by atoms with van der Waals surface area (Å²) in [5, 5.41) is 14.6. The molecule has 0 unspecified atom stereocenters.